The number of ether oxygens (including phenoxy) is 2. The standard InChI is InChI=1S/C30H46O2/c1-24(2)26(5)30(28-18-12-9-13-19-28)23-32-21-15-7-6-14-20-31-22-29(25(3)4)27-16-10-8-11-17-27/h8-13,16-19,24-26,29-30H,6-7,14-15,20-23H2,1-5H3/t26?,29-,30-/m0/s1. The summed E-state index contributed by atoms with van der Waals surface area (Å²) in [6.45, 7) is 14.9. The summed E-state index contributed by atoms with van der Waals surface area (Å²) in [4.78, 5) is 0. The van der Waals surface area contributed by atoms with Gasteiger partial charge < -0.3 is 9.47 Å². The highest BCUT2D eigenvalue weighted by Gasteiger charge is 2.22. The zero-order chi connectivity index (χ0) is 23.2. The lowest BCUT2D eigenvalue weighted by atomic mass is 9.81. The van der Waals surface area contributed by atoms with Crippen molar-refractivity contribution in [3.63, 3.8) is 0 Å². The lowest BCUT2D eigenvalue weighted by molar-refractivity contribution is 0.0916. The Kier molecular flexibility index (Phi) is 12.7. The molecule has 0 saturated carbocycles. The molecule has 2 nitrogen and oxygen atoms in total. The first-order valence-corrected chi connectivity index (χ1v) is 12.8. The zero-order valence-corrected chi connectivity index (χ0v) is 21.1. The summed E-state index contributed by atoms with van der Waals surface area (Å²) in [5, 5.41) is 0. The van der Waals surface area contributed by atoms with Crippen LogP contribution >= 0.6 is 0 Å². The van der Waals surface area contributed by atoms with Gasteiger partial charge in [0.15, 0.2) is 0 Å². The Morgan fingerprint density at radius 1 is 0.531 bits per heavy atom. The van der Waals surface area contributed by atoms with E-state index in [4.69, 9.17) is 9.47 Å². The van der Waals surface area contributed by atoms with E-state index in [-0.39, 0.29) is 0 Å². The second-order valence-electron chi connectivity index (χ2n) is 9.95. The molecule has 2 aromatic carbocycles. The van der Waals surface area contributed by atoms with Crippen molar-refractivity contribution in [2.45, 2.75) is 72.1 Å². The summed E-state index contributed by atoms with van der Waals surface area (Å²) in [7, 11) is 0. The lowest BCUT2D eigenvalue weighted by Gasteiger charge is -2.27. The van der Waals surface area contributed by atoms with E-state index in [1.807, 2.05) is 0 Å². The van der Waals surface area contributed by atoms with Gasteiger partial charge in [0.25, 0.3) is 0 Å². The monoisotopic (exact) mass is 438 g/mol. The summed E-state index contributed by atoms with van der Waals surface area (Å²) < 4.78 is 12.2. The fraction of sp³-hybridized carbons (Fsp3) is 0.600. The molecule has 0 aliphatic carbocycles. The maximum absolute atomic E-state index is 6.12. The van der Waals surface area contributed by atoms with E-state index < -0.39 is 0 Å². The van der Waals surface area contributed by atoms with E-state index in [0.29, 0.717) is 29.6 Å². The van der Waals surface area contributed by atoms with Crippen LogP contribution in [0, 0.1) is 17.8 Å². The van der Waals surface area contributed by atoms with E-state index in [9.17, 15) is 0 Å². The predicted molar refractivity (Wildman–Crippen MR) is 137 cm³/mol. The number of hydrogen-bond donors (Lipinski definition) is 0. The van der Waals surface area contributed by atoms with Gasteiger partial charge in [0.1, 0.15) is 0 Å². The van der Waals surface area contributed by atoms with Gasteiger partial charge in [-0.3, -0.25) is 0 Å². The Morgan fingerprint density at radius 3 is 1.41 bits per heavy atom. The average molecular weight is 439 g/mol. The minimum atomic E-state index is 0.475. The molecule has 0 saturated heterocycles. The van der Waals surface area contributed by atoms with Crippen LogP contribution in [-0.2, 0) is 9.47 Å². The molecule has 3 atom stereocenters. The van der Waals surface area contributed by atoms with Gasteiger partial charge in [0.05, 0.1) is 13.2 Å². The number of hydrogen-bond acceptors (Lipinski definition) is 2. The Labute approximate surface area is 197 Å². The first-order valence-electron chi connectivity index (χ1n) is 12.8. The Hall–Kier alpha value is -1.64. The van der Waals surface area contributed by atoms with E-state index in [1.165, 1.54) is 24.0 Å². The maximum Gasteiger partial charge on any atom is 0.0537 e. The minimum absolute atomic E-state index is 0.475. The van der Waals surface area contributed by atoms with Crippen LogP contribution < -0.4 is 0 Å². The first kappa shape index (κ1) is 26.6. The molecule has 2 heteroatoms. The Bertz CT molecular complexity index is 695. The number of benzene rings is 2. The van der Waals surface area contributed by atoms with Crippen molar-refractivity contribution in [2.24, 2.45) is 17.8 Å². The van der Waals surface area contributed by atoms with Gasteiger partial charge in [-0.2, -0.15) is 0 Å². The van der Waals surface area contributed by atoms with Crippen LogP contribution in [0.5, 0.6) is 0 Å². The van der Waals surface area contributed by atoms with Crippen LogP contribution in [0.2, 0.25) is 0 Å². The second kappa shape index (κ2) is 15.2. The third-order valence-electron chi connectivity index (χ3n) is 6.87. The summed E-state index contributed by atoms with van der Waals surface area (Å²) in [5.41, 5.74) is 2.79. The van der Waals surface area contributed by atoms with Gasteiger partial charge in [0.2, 0.25) is 0 Å². The van der Waals surface area contributed by atoms with E-state index >= 15 is 0 Å². The van der Waals surface area contributed by atoms with Crippen molar-refractivity contribution in [1.29, 1.82) is 0 Å². The quantitative estimate of drug-likeness (QED) is 0.246. The number of rotatable bonds is 16. The molecular weight excluding hydrogens is 392 g/mol. The smallest absolute Gasteiger partial charge is 0.0537 e. The van der Waals surface area contributed by atoms with Crippen LogP contribution in [0.25, 0.3) is 0 Å². The summed E-state index contributed by atoms with van der Waals surface area (Å²) in [6, 6.07) is 21.6. The van der Waals surface area contributed by atoms with Crippen LogP contribution in [0.15, 0.2) is 60.7 Å². The largest absolute Gasteiger partial charge is 0.381 e. The molecule has 0 spiro atoms. The van der Waals surface area contributed by atoms with Crippen LogP contribution in [0.4, 0.5) is 0 Å². The minimum Gasteiger partial charge on any atom is -0.381 e. The fourth-order valence-corrected chi connectivity index (χ4v) is 4.27. The summed E-state index contributed by atoms with van der Waals surface area (Å²) in [5.74, 6) is 2.81. The molecule has 178 valence electrons. The Balaban J connectivity index is 1.58. The third kappa shape index (κ3) is 9.46. The van der Waals surface area contributed by atoms with E-state index in [2.05, 4.69) is 95.3 Å². The van der Waals surface area contributed by atoms with Crippen molar-refractivity contribution in [3.05, 3.63) is 71.8 Å². The highest BCUT2D eigenvalue weighted by Crippen LogP contribution is 2.30. The van der Waals surface area contributed by atoms with Crippen LogP contribution in [-0.4, -0.2) is 26.4 Å². The topological polar surface area (TPSA) is 18.5 Å². The van der Waals surface area contributed by atoms with Crippen molar-refractivity contribution in [2.75, 3.05) is 26.4 Å². The average Bonchev–Trinajstić information content (AvgIpc) is 2.80. The molecule has 0 aliphatic rings. The Morgan fingerprint density at radius 2 is 0.969 bits per heavy atom. The van der Waals surface area contributed by atoms with Gasteiger partial charge in [-0.15, -0.1) is 0 Å². The molecule has 1 unspecified atom stereocenters. The van der Waals surface area contributed by atoms with E-state index in [1.54, 1.807) is 0 Å². The summed E-state index contributed by atoms with van der Waals surface area (Å²) in [6.07, 6.45) is 4.70. The molecule has 0 bridgehead atoms. The second-order valence-corrected chi connectivity index (χ2v) is 9.95. The molecule has 0 fully saturated rings. The highest BCUT2D eigenvalue weighted by molar-refractivity contribution is 5.21. The van der Waals surface area contributed by atoms with Crippen LogP contribution in [0.1, 0.15) is 83.3 Å². The summed E-state index contributed by atoms with van der Waals surface area (Å²) >= 11 is 0. The van der Waals surface area contributed by atoms with Gasteiger partial charge in [-0.1, -0.05) is 108 Å². The molecule has 0 amide bonds. The van der Waals surface area contributed by atoms with E-state index in [0.717, 1.165) is 39.3 Å². The first-order chi connectivity index (χ1) is 15.5. The molecule has 0 aliphatic heterocycles. The molecular formula is C30H46O2. The SMILES string of the molecule is CC(C)C(C)[C@H](COCCCCCCOC[C@H](c1ccccc1)C(C)C)c1ccccc1. The van der Waals surface area contributed by atoms with Crippen molar-refractivity contribution in [3.8, 4) is 0 Å². The highest BCUT2D eigenvalue weighted by atomic mass is 16.5. The predicted octanol–water partition coefficient (Wildman–Crippen LogP) is 8.10. The van der Waals surface area contributed by atoms with Gasteiger partial charge in [0, 0.05) is 25.0 Å². The van der Waals surface area contributed by atoms with Gasteiger partial charge in [-0.05, 0) is 41.7 Å². The third-order valence-corrected chi connectivity index (χ3v) is 6.87. The fourth-order valence-electron chi connectivity index (χ4n) is 4.27. The molecule has 0 aromatic heterocycles. The normalized spacial score (nSPS) is 14.6. The van der Waals surface area contributed by atoms with Crippen LogP contribution in [0.3, 0.4) is 0 Å². The van der Waals surface area contributed by atoms with Crippen molar-refractivity contribution >= 4 is 0 Å². The maximum atomic E-state index is 6.12. The zero-order valence-electron chi connectivity index (χ0n) is 21.1. The van der Waals surface area contributed by atoms with Crippen molar-refractivity contribution in [1.82, 2.24) is 0 Å². The number of unbranched alkanes of at least 4 members (excludes halogenated alkanes) is 3. The molecule has 0 N–H and O–H groups in total. The molecule has 2 rings (SSSR count). The lowest BCUT2D eigenvalue weighted by Crippen LogP contribution is -2.20. The van der Waals surface area contributed by atoms with Gasteiger partial charge in [-0.25, -0.2) is 0 Å². The molecule has 2 aromatic rings. The molecule has 0 radical (unpaired) electrons. The molecule has 32 heavy (non-hydrogen) atoms. The van der Waals surface area contributed by atoms with Gasteiger partial charge >= 0.3 is 0 Å². The molecule has 0 heterocycles. The van der Waals surface area contributed by atoms with Crippen molar-refractivity contribution < 1.29 is 9.47 Å².